The van der Waals surface area contributed by atoms with Gasteiger partial charge in [0.2, 0.25) is 5.91 Å². The third-order valence-electron chi connectivity index (χ3n) is 4.05. The predicted octanol–water partition coefficient (Wildman–Crippen LogP) is 4.17. The van der Waals surface area contributed by atoms with Crippen LogP contribution in [0, 0.1) is 0 Å². The first-order valence-electron chi connectivity index (χ1n) is 7.48. The van der Waals surface area contributed by atoms with Crippen molar-refractivity contribution in [3.05, 3.63) is 33.8 Å². The van der Waals surface area contributed by atoms with E-state index in [1.807, 2.05) is 0 Å². The van der Waals surface area contributed by atoms with Crippen LogP contribution >= 0.6 is 48.4 Å². The molecule has 0 aromatic heterocycles. The second-order valence-electron chi connectivity index (χ2n) is 5.87. The molecule has 0 spiro atoms. The third kappa shape index (κ3) is 4.71. The Balaban J connectivity index is 2.24. The van der Waals surface area contributed by atoms with E-state index in [2.05, 4.69) is 17.9 Å². The van der Waals surface area contributed by atoms with Crippen LogP contribution in [0.25, 0.3) is 0 Å². The van der Waals surface area contributed by atoms with Crippen molar-refractivity contribution in [1.82, 2.24) is 9.80 Å². The summed E-state index contributed by atoms with van der Waals surface area (Å²) in [5, 5.41) is 0.826. The molecule has 0 aliphatic carbocycles. The molecule has 136 valence electrons. The lowest BCUT2D eigenvalue weighted by molar-refractivity contribution is -0.133. The molecule has 1 aromatic carbocycles. The molecule has 2 rings (SSSR count). The van der Waals surface area contributed by atoms with Crippen molar-refractivity contribution in [3.8, 4) is 0 Å². The maximum atomic E-state index is 12.8. The largest absolute Gasteiger partial charge is 0.327 e. The van der Waals surface area contributed by atoms with Gasteiger partial charge in [0.05, 0.1) is 22.2 Å². The number of hydrogen-bond acceptors (Lipinski definition) is 3. The summed E-state index contributed by atoms with van der Waals surface area (Å²) >= 11 is 11.9. The van der Waals surface area contributed by atoms with Crippen molar-refractivity contribution >= 4 is 66.1 Å². The standard InChI is InChI=1S/C15H19Cl2N2O3P3/c1-8(20)13-7-18(6-10-3-4-11(16)12(17)5-10)15(22)19(13)14(21)9(2)25(23)24/h3-5,9,13H,6-7,23-24H2,1-2H3. The molecular weight excluding hydrogens is 420 g/mol. The number of amides is 3. The summed E-state index contributed by atoms with van der Waals surface area (Å²) in [5.41, 5.74) is 0.437. The smallest absolute Gasteiger partial charge is 0.317 e. The molecule has 1 aliphatic rings. The fourth-order valence-corrected chi connectivity index (χ4v) is 4.00. The highest BCUT2D eigenvalue weighted by atomic mass is 35.5. The minimum Gasteiger partial charge on any atom is -0.317 e. The Labute approximate surface area is 162 Å². The van der Waals surface area contributed by atoms with E-state index in [1.54, 1.807) is 25.1 Å². The van der Waals surface area contributed by atoms with E-state index < -0.39 is 19.4 Å². The Morgan fingerprint density at radius 3 is 2.48 bits per heavy atom. The van der Waals surface area contributed by atoms with E-state index in [9.17, 15) is 14.4 Å². The zero-order valence-electron chi connectivity index (χ0n) is 13.8. The first-order chi connectivity index (χ1) is 11.6. The van der Waals surface area contributed by atoms with Crippen molar-refractivity contribution in [2.24, 2.45) is 0 Å². The first-order valence-corrected chi connectivity index (χ1v) is 12.9. The molecule has 1 fully saturated rings. The van der Waals surface area contributed by atoms with Gasteiger partial charge in [-0.15, -0.1) is 17.9 Å². The molecule has 1 saturated heterocycles. The molecule has 1 aliphatic heterocycles. The van der Waals surface area contributed by atoms with Crippen LogP contribution in [0.5, 0.6) is 0 Å². The number of carbonyl (C=O) groups is 3. The van der Waals surface area contributed by atoms with Crippen molar-refractivity contribution < 1.29 is 14.4 Å². The lowest BCUT2D eigenvalue weighted by Gasteiger charge is -2.24. The fourth-order valence-electron chi connectivity index (χ4n) is 2.53. The van der Waals surface area contributed by atoms with E-state index in [-0.39, 0.29) is 30.4 Å². The first kappa shape index (κ1) is 21.0. The topological polar surface area (TPSA) is 57.7 Å². The summed E-state index contributed by atoms with van der Waals surface area (Å²) in [6, 6.07) is 3.90. The van der Waals surface area contributed by atoms with Crippen LogP contribution in [-0.2, 0) is 16.1 Å². The summed E-state index contributed by atoms with van der Waals surface area (Å²) < 4.78 is 0. The number of halogens is 2. The van der Waals surface area contributed by atoms with E-state index in [4.69, 9.17) is 23.2 Å². The van der Waals surface area contributed by atoms with Crippen molar-refractivity contribution in [1.29, 1.82) is 0 Å². The van der Waals surface area contributed by atoms with Crippen LogP contribution in [0.1, 0.15) is 19.4 Å². The Hall–Kier alpha value is -0.300. The van der Waals surface area contributed by atoms with Crippen LogP contribution in [0.2, 0.25) is 10.0 Å². The van der Waals surface area contributed by atoms with Gasteiger partial charge in [-0.25, -0.2) is 4.79 Å². The second-order valence-corrected chi connectivity index (χ2v) is 13.7. The van der Waals surface area contributed by atoms with Crippen LogP contribution in [0.15, 0.2) is 18.2 Å². The highest BCUT2D eigenvalue weighted by Gasteiger charge is 2.45. The molecule has 0 radical (unpaired) electrons. The number of benzene rings is 1. The molecule has 4 atom stereocenters. The van der Waals surface area contributed by atoms with Gasteiger partial charge in [0, 0.05) is 6.54 Å². The minimum absolute atomic E-state index is 0.179. The number of carbonyl (C=O) groups excluding carboxylic acids is 3. The molecule has 1 heterocycles. The zero-order valence-corrected chi connectivity index (χ0v) is 18.5. The van der Waals surface area contributed by atoms with E-state index >= 15 is 0 Å². The summed E-state index contributed by atoms with van der Waals surface area (Å²) in [7, 11) is 4.46. The van der Waals surface area contributed by atoms with Gasteiger partial charge in [-0.1, -0.05) is 36.6 Å². The SMILES string of the molecule is CC(=O)C1CN(Cc2ccc(Cl)c(Cl)c2)C(=O)N1C(=O)C(C)P(P)P. The van der Waals surface area contributed by atoms with Crippen molar-refractivity contribution in [2.45, 2.75) is 32.1 Å². The van der Waals surface area contributed by atoms with Gasteiger partial charge in [-0.3, -0.25) is 14.5 Å². The molecule has 1 aromatic rings. The number of hydrogen-bond donors (Lipinski definition) is 0. The highest BCUT2D eigenvalue weighted by molar-refractivity contribution is 8.43. The normalized spacial score (nSPS) is 18.8. The summed E-state index contributed by atoms with van der Waals surface area (Å²) in [6.07, 6.45) is 0. The zero-order chi connectivity index (χ0) is 18.9. The van der Waals surface area contributed by atoms with Crippen LogP contribution in [0.3, 0.4) is 0 Å². The average Bonchev–Trinajstić information content (AvgIpc) is 2.86. The molecule has 5 nitrogen and oxygen atoms in total. The number of nitrogens with zero attached hydrogens (tertiary/aromatic N) is 2. The fraction of sp³-hybridized carbons (Fsp3) is 0.400. The molecule has 10 heteroatoms. The van der Waals surface area contributed by atoms with Crippen LogP contribution in [-0.4, -0.2) is 45.8 Å². The maximum absolute atomic E-state index is 12.8. The van der Waals surface area contributed by atoms with Gasteiger partial charge in [0.1, 0.15) is 6.04 Å². The molecule has 0 N–H and O–H groups in total. The van der Waals surface area contributed by atoms with Crippen LogP contribution in [0.4, 0.5) is 4.79 Å². The highest BCUT2D eigenvalue weighted by Crippen LogP contribution is 2.57. The Kier molecular flexibility index (Phi) is 7.22. The van der Waals surface area contributed by atoms with Gasteiger partial charge in [-0.2, -0.15) is 0 Å². The maximum Gasteiger partial charge on any atom is 0.327 e. The average molecular weight is 439 g/mol. The lowest BCUT2D eigenvalue weighted by Crippen LogP contribution is -2.46. The van der Waals surface area contributed by atoms with Crippen LogP contribution < -0.4 is 0 Å². The minimum atomic E-state index is -0.754. The monoisotopic (exact) mass is 438 g/mol. The van der Waals surface area contributed by atoms with Gasteiger partial charge < -0.3 is 4.90 Å². The molecular formula is C15H19Cl2N2O3P3. The van der Waals surface area contributed by atoms with Gasteiger partial charge in [-0.05, 0) is 31.5 Å². The van der Waals surface area contributed by atoms with E-state index in [0.717, 1.165) is 10.5 Å². The Bertz CT molecular complexity index is 717. The number of rotatable bonds is 5. The van der Waals surface area contributed by atoms with Gasteiger partial charge >= 0.3 is 6.03 Å². The third-order valence-corrected chi connectivity index (χ3v) is 8.59. The van der Waals surface area contributed by atoms with Crippen molar-refractivity contribution in [3.63, 3.8) is 0 Å². The molecule has 0 saturated carbocycles. The number of imide groups is 1. The molecule has 4 unspecified atom stereocenters. The Morgan fingerprint density at radius 1 is 1.32 bits per heavy atom. The quantitative estimate of drug-likeness (QED) is 0.648. The predicted molar refractivity (Wildman–Crippen MR) is 109 cm³/mol. The number of ketones is 1. The summed E-state index contributed by atoms with van der Waals surface area (Å²) in [5.74, 6) is -0.527. The molecule has 25 heavy (non-hydrogen) atoms. The molecule has 3 amide bonds. The summed E-state index contributed by atoms with van der Waals surface area (Å²) in [4.78, 5) is 40.0. The van der Waals surface area contributed by atoms with E-state index in [1.165, 1.54) is 11.8 Å². The molecule has 0 bridgehead atoms. The Morgan fingerprint density at radius 2 is 1.96 bits per heavy atom. The van der Waals surface area contributed by atoms with Crippen molar-refractivity contribution in [2.75, 3.05) is 6.54 Å². The van der Waals surface area contributed by atoms with Gasteiger partial charge in [0.25, 0.3) is 0 Å². The lowest BCUT2D eigenvalue weighted by atomic mass is 10.1. The number of Topliss-reactive ketones (excluding diaryl/α,β-unsaturated/α-hetero) is 1. The second kappa shape index (κ2) is 8.59. The van der Waals surface area contributed by atoms with Gasteiger partial charge in [0.15, 0.2) is 5.78 Å². The summed E-state index contributed by atoms with van der Waals surface area (Å²) in [6.45, 7) is 3.60. The number of urea groups is 1. The van der Waals surface area contributed by atoms with E-state index in [0.29, 0.717) is 10.0 Å².